The summed E-state index contributed by atoms with van der Waals surface area (Å²) in [6.07, 6.45) is 0. The molecule has 1 amide bonds. The number of hydrogen-bond acceptors (Lipinski definition) is 5. The first-order valence-electron chi connectivity index (χ1n) is 8.17. The molecule has 0 saturated carbocycles. The molecule has 0 saturated heterocycles. The molecule has 0 bridgehead atoms. The number of nitrogens with zero attached hydrogens (tertiary/aromatic N) is 1. The van der Waals surface area contributed by atoms with Gasteiger partial charge in [-0.2, -0.15) is 0 Å². The van der Waals surface area contributed by atoms with Crippen LogP contribution in [0.2, 0.25) is 0 Å². The lowest BCUT2D eigenvalue weighted by Crippen LogP contribution is -2.15. The van der Waals surface area contributed by atoms with Gasteiger partial charge in [0.05, 0.1) is 12.7 Å². The van der Waals surface area contributed by atoms with E-state index < -0.39 is 0 Å². The van der Waals surface area contributed by atoms with E-state index in [0.717, 1.165) is 5.56 Å². The standard InChI is InChI=1S/C20H20N2O4/c1-13-8-10-15(11-9-13)21-20(23)19-16(14(2)26-22-19)12-25-18-7-5-4-6-17(18)24-3/h4-11H,12H2,1-3H3,(H,21,23). The first-order valence-corrected chi connectivity index (χ1v) is 8.17. The number of anilines is 1. The van der Waals surface area contributed by atoms with Crippen LogP contribution in [0.25, 0.3) is 0 Å². The number of hydrogen-bond donors (Lipinski definition) is 1. The summed E-state index contributed by atoms with van der Waals surface area (Å²) >= 11 is 0. The molecule has 0 aliphatic rings. The summed E-state index contributed by atoms with van der Waals surface area (Å²) in [5.41, 5.74) is 2.61. The van der Waals surface area contributed by atoms with Crippen LogP contribution >= 0.6 is 0 Å². The van der Waals surface area contributed by atoms with Gasteiger partial charge in [0, 0.05) is 5.69 Å². The number of aryl methyl sites for hydroxylation is 2. The minimum atomic E-state index is -0.343. The van der Waals surface area contributed by atoms with Crippen LogP contribution in [0.1, 0.15) is 27.4 Å². The Morgan fingerprint density at radius 1 is 1.08 bits per heavy atom. The van der Waals surface area contributed by atoms with Crippen LogP contribution in [-0.4, -0.2) is 18.2 Å². The van der Waals surface area contributed by atoms with Crippen LogP contribution < -0.4 is 14.8 Å². The second-order valence-corrected chi connectivity index (χ2v) is 5.83. The van der Waals surface area contributed by atoms with Crippen molar-refractivity contribution in [1.29, 1.82) is 0 Å². The Morgan fingerprint density at radius 3 is 2.46 bits per heavy atom. The number of ether oxygens (including phenoxy) is 2. The fourth-order valence-corrected chi connectivity index (χ4v) is 2.45. The third-order valence-electron chi connectivity index (χ3n) is 3.95. The van der Waals surface area contributed by atoms with E-state index in [-0.39, 0.29) is 18.2 Å². The Morgan fingerprint density at radius 2 is 1.77 bits per heavy atom. The van der Waals surface area contributed by atoms with Crippen molar-refractivity contribution in [3.8, 4) is 11.5 Å². The SMILES string of the molecule is COc1ccccc1OCc1c(C(=O)Nc2ccc(C)cc2)noc1C. The van der Waals surface area contributed by atoms with Crippen molar-refractivity contribution >= 4 is 11.6 Å². The molecular weight excluding hydrogens is 332 g/mol. The van der Waals surface area contributed by atoms with Crippen LogP contribution in [-0.2, 0) is 6.61 Å². The fraction of sp³-hybridized carbons (Fsp3) is 0.200. The van der Waals surface area contributed by atoms with E-state index in [1.54, 1.807) is 26.2 Å². The predicted octanol–water partition coefficient (Wildman–Crippen LogP) is 4.13. The number of para-hydroxylation sites is 2. The summed E-state index contributed by atoms with van der Waals surface area (Å²) in [4.78, 5) is 12.6. The van der Waals surface area contributed by atoms with Gasteiger partial charge in [-0.3, -0.25) is 4.79 Å². The lowest BCUT2D eigenvalue weighted by atomic mass is 10.2. The Bertz CT molecular complexity index is 900. The first-order chi connectivity index (χ1) is 12.6. The first kappa shape index (κ1) is 17.5. The Balaban J connectivity index is 1.76. The second kappa shape index (κ2) is 7.74. The van der Waals surface area contributed by atoms with Gasteiger partial charge < -0.3 is 19.3 Å². The molecule has 0 radical (unpaired) electrons. The number of nitrogens with one attached hydrogen (secondary N) is 1. The van der Waals surface area contributed by atoms with Crippen molar-refractivity contribution in [2.75, 3.05) is 12.4 Å². The molecule has 0 unspecified atom stereocenters. The number of carbonyl (C=O) groups is 1. The van der Waals surface area contributed by atoms with Gasteiger partial charge in [0.1, 0.15) is 12.4 Å². The van der Waals surface area contributed by atoms with Gasteiger partial charge in [-0.15, -0.1) is 0 Å². The summed E-state index contributed by atoms with van der Waals surface area (Å²) in [6, 6.07) is 14.8. The number of methoxy groups -OCH3 is 1. The van der Waals surface area contributed by atoms with Crippen LogP contribution in [0.15, 0.2) is 53.1 Å². The number of aromatic nitrogens is 1. The molecule has 2 aromatic carbocycles. The van der Waals surface area contributed by atoms with Crippen molar-refractivity contribution in [2.24, 2.45) is 0 Å². The molecule has 0 aliphatic carbocycles. The van der Waals surface area contributed by atoms with E-state index >= 15 is 0 Å². The molecular formula is C20H20N2O4. The van der Waals surface area contributed by atoms with Crippen LogP contribution in [0.3, 0.4) is 0 Å². The van der Waals surface area contributed by atoms with Gasteiger partial charge in [-0.1, -0.05) is 35.0 Å². The smallest absolute Gasteiger partial charge is 0.278 e. The molecule has 1 heterocycles. The topological polar surface area (TPSA) is 73.6 Å². The summed E-state index contributed by atoms with van der Waals surface area (Å²) < 4.78 is 16.3. The molecule has 0 aliphatic heterocycles. The molecule has 6 nitrogen and oxygen atoms in total. The number of carbonyl (C=O) groups excluding carboxylic acids is 1. The highest BCUT2D eigenvalue weighted by Gasteiger charge is 2.21. The Labute approximate surface area is 151 Å². The third kappa shape index (κ3) is 3.85. The third-order valence-corrected chi connectivity index (χ3v) is 3.95. The van der Waals surface area contributed by atoms with Gasteiger partial charge in [-0.05, 0) is 38.1 Å². The highest BCUT2D eigenvalue weighted by Crippen LogP contribution is 2.27. The van der Waals surface area contributed by atoms with Gasteiger partial charge in [0.15, 0.2) is 17.2 Å². The van der Waals surface area contributed by atoms with E-state index in [1.165, 1.54) is 0 Å². The van der Waals surface area contributed by atoms with Crippen molar-refractivity contribution in [1.82, 2.24) is 5.16 Å². The maximum atomic E-state index is 12.6. The molecule has 1 aromatic heterocycles. The largest absolute Gasteiger partial charge is 0.493 e. The maximum absolute atomic E-state index is 12.6. The maximum Gasteiger partial charge on any atom is 0.278 e. The molecule has 134 valence electrons. The molecule has 0 spiro atoms. The average molecular weight is 352 g/mol. The van der Waals surface area contributed by atoms with Gasteiger partial charge in [0.25, 0.3) is 5.91 Å². The summed E-state index contributed by atoms with van der Waals surface area (Å²) in [5, 5.41) is 6.70. The van der Waals surface area contributed by atoms with Crippen molar-refractivity contribution in [3.05, 3.63) is 71.1 Å². The summed E-state index contributed by atoms with van der Waals surface area (Å²) in [7, 11) is 1.58. The second-order valence-electron chi connectivity index (χ2n) is 5.83. The van der Waals surface area contributed by atoms with E-state index in [4.69, 9.17) is 14.0 Å². The van der Waals surface area contributed by atoms with E-state index in [2.05, 4.69) is 10.5 Å². The lowest BCUT2D eigenvalue weighted by molar-refractivity contribution is 0.101. The Kier molecular flexibility index (Phi) is 5.22. The zero-order valence-electron chi connectivity index (χ0n) is 14.9. The van der Waals surface area contributed by atoms with Crippen molar-refractivity contribution < 1.29 is 18.8 Å². The fourth-order valence-electron chi connectivity index (χ4n) is 2.45. The molecule has 26 heavy (non-hydrogen) atoms. The molecule has 3 aromatic rings. The van der Waals surface area contributed by atoms with Crippen molar-refractivity contribution in [2.45, 2.75) is 20.5 Å². The Hall–Kier alpha value is -3.28. The van der Waals surface area contributed by atoms with Crippen LogP contribution in [0.4, 0.5) is 5.69 Å². The van der Waals surface area contributed by atoms with Gasteiger partial charge in [-0.25, -0.2) is 0 Å². The van der Waals surface area contributed by atoms with Crippen LogP contribution in [0.5, 0.6) is 11.5 Å². The zero-order chi connectivity index (χ0) is 18.5. The number of amides is 1. The summed E-state index contributed by atoms with van der Waals surface area (Å²) in [6.45, 7) is 3.88. The molecule has 0 fully saturated rings. The predicted molar refractivity (Wildman–Crippen MR) is 97.7 cm³/mol. The number of benzene rings is 2. The minimum absolute atomic E-state index is 0.145. The summed E-state index contributed by atoms with van der Waals surface area (Å²) in [5.74, 6) is 1.39. The van der Waals surface area contributed by atoms with E-state index in [1.807, 2.05) is 43.3 Å². The molecule has 3 rings (SSSR count). The van der Waals surface area contributed by atoms with Crippen LogP contribution in [0, 0.1) is 13.8 Å². The van der Waals surface area contributed by atoms with Crippen molar-refractivity contribution in [3.63, 3.8) is 0 Å². The average Bonchev–Trinajstić information content (AvgIpc) is 3.02. The van der Waals surface area contributed by atoms with Gasteiger partial charge >= 0.3 is 0 Å². The normalized spacial score (nSPS) is 10.4. The quantitative estimate of drug-likeness (QED) is 0.722. The minimum Gasteiger partial charge on any atom is -0.493 e. The highest BCUT2D eigenvalue weighted by molar-refractivity contribution is 6.03. The van der Waals surface area contributed by atoms with Gasteiger partial charge in [0.2, 0.25) is 0 Å². The number of rotatable bonds is 6. The van der Waals surface area contributed by atoms with E-state index in [0.29, 0.717) is 28.5 Å². The molecule has 0 atom stereocenters. The lowest BCUT2D eigenvalue weighted by Gasteiger charge is -2.10. The molecule has 6 heteroatoms. The zero-order valence-corrected chi connectivity index (χ0v) is 14.9. The molecule has 1 N–H and O–H groups in total. The highest BCUT2D eigenvalue weighted by atomic mass is 16.5. The monoisotopic (exact) mass is 352 g/mol. The van der Waals surface area contributed by atoms with E-state index in [9.17, 15) is 4.79 Å².